The highest BCUT2D eigenvalue weighted by atomic mass is 16.2. The van der Waals surface area contributed by atoms with Gasteiger partial charge in [0.25, 0.3) is 5.56 Å². The number of nitrogens with zero attached hydrogens (tertiary/aromatic N) is 3. The lowest BCUT2D eigenvalue weighted by Gasteiger charge is -2.19. The van der Waals surface area contributed by atoms with Crippen LogP contribution in [0.2, 0.25) is 0 Å². The second-order valence-electron chi connectivity index (χ2n) is 5.97. The van der Waals surface area contributed by atoms with Crippen LogP contribution in [0.4, 0.5) is 0 Å². The zero-order chi connectivity index (χ0) is 18.7. The fourth-order valence-electron chi connectivity index (χ4n) is 2.72. The average Bonchev–Trinajstić information content (AvgIpc) is 3.07. The molecule has 134 valence electrons. The van der Waals surface area contributed by atoms with Crippen molar-refractivity contribution in [2.24, 2.45) is 14.1 Å². The van der Waals surface area contributed by atoms with Crippen LogP contribution in [0.15, 0.2) is 58.5 Å². The van der Waals surface area contributed by atoms with E-state index in [4.69, 9.17) is 0 Å². The van der Waals surface area contributed by atoms with Crippen molar-refractivity contribution in [2.75, 3.05) is 0 Å². The number of rotatable bonds is 5. The Morgan fingerprint density at radius 1 is 1.23 bits per heavy atom. The van der Waals surface area contributed by atoms with Gasteiger partial charge < -0.3 is 14.9 Å². The van der Waals surface area contributed by atoms with E-state index in [1.807, 2.05) is 41.9 Å². The summed E-state index contributed by atoms with van der Waals surface area (Å²) >= 11 is 0. The first-order valence-electron chi connectivity index (χ1n) is 8.06. The Bertz CT molecular complexity index is 1030. The van der Waals surface area contributed by atoms with Gasteiger partial charge in [-0.3, -0.25) is 14.2 Å². The van der Waals surface area contributed by atoms with E-state index < -0.39 is 17.3 Å². The lowest BCUT2D eigenvalue weighted by atomic mass is 10.1. The van der Waals surface area contributed by atoms with Crippen LogP contribution in [0.1, 0.15) is 23.0 Å². The molecule has 8 heteroatoms. The van der Waals surface area contributed by atoms with Crippen LogP contribution in [0.3, 0.4) is 0 Å². The highest BCUT2D eigenvalue weighted by Gasteiger charge is 2.21. The van der Waals surface area contributed by atoms with E-state index in [2.05, 4.69) is 15.3 Å². The molecule has 26 heavy (non-hydrogen) atoms. The summed E-state index contributed by atoms with van der Waals surface area (Å²) in [7, 11) is 3.21. The van der Waals surface area contributed by atoms with Gasteiger partial charge >= 0.3 is 5.69 Å². The lowest BCUT2D eigenvalue weighted by molar-refractivity contribution is -0.121. The topological polar surface area (TPSA) is 102 Å². The van der Waals surface area contributed by atoms with Gasteiger partial charge in [0.1, 0.15) is 11.9 Å². The molecule has 2 heterocycles. The molecular weight excluding hydrogens is 334 g/mol. The van der Waals surface area contributed by atoms with Crippen molar-refractivity contribution in [3.63, 3.8) is 0 Å². The van der Waals surface area contributed by atoms with Crippen LogP contribution in [-0.2, 0) is 25.3 Å². The van der Waals surface area contributed by atoms with Crippen molar-refractivity contribution in [3.05, 3.63) is 86.7 Å². The fourth-order valence-corrected chi connectivity index (χ4v) is 2.72. The summed E-state index contributed by atoms with van der Waals surface area (Å²) in [5, 5.41) is 2.92. The summed E-state index contributed by atoms with van der Waals surface area (Å²) in [5.41, 5.74) is 0.0901. The molecule has 1 amide bonds. The number of aryl methyl sites for hydroxylation is 1. The van der Waals surface area contributed by atoms with Gasteiger partial charge in [-0.1, -0.05) is 30.3 Å². The van der Waals surface area contributed by atoms with Gasteiger partial charge in [-0.05, 0) is 5.56 Å². The molecule has 0 saturated heterocycles. The third kappa shape index (κ3) is 3.49. The Balaban J connectivity index is 1.87. The maximum absolute atomic E-state index is 12.6. The number of nitrogens with one attached hydrogen (secondary N) is 2. The zero-order valence-electron chi connectivity index (χ0n) is 14.5. The highest BCUT2D eigenvalue weighted by molar-refractivity contribution is 5.79. The van der Waals surface area contributed by atoms with E-state index >= 15 is 0 Å². The van der Waals surface area contributed by atoms with Gasteiger partial charge in [0.15, 0.2) is 0 Å². The van der Waals surface area contributed by atoms with Crippen molar-refractivity contribution in [1.29, 1.82) is 0 Å². The number of hydrogen-bond donors (Lipinski definition) is 2. The number of benzene rings is 1. The molecule has 0 aliphatic heterocycles. The van der Waals surface area contributed by atoms with Gasteiger partial charge in [-0.15, -0.1) is 0 Å². The number of carbonyl (C=O) groups is 1. The minimum atomic E-state index is -0.519. The van der Waals surface area contributed by atoms with Crippen molar-refractivity contribution in [2.45, 2.75) is 12.5 Å². The summed E-state index contributed by atoms with van der Waals surface area (Å²) in [6.07, 6.45) is 4.60. The van der Waals surface area contributed by atoms with Crippen molar-refractivity contribution < 1.29 is 4.79 Å². The third-order valence-electron chi connectivity index (χ3n) is 4.16. The molecule has 3 aromatic rings. The molecule has 8 nitrogen and oxygen atoms in total. The van der Waals surface area contributed by atoms with E-state index in [0.29, 0.717) is 5.82 Å². The molecule has 1 aromatic carbocycles. The van der Waals surface area contributed by atoms with Crippen LogP contribution in [0.5, 0.6) is 0 Å². The second-order valence-corrected chi connectivity index (χ2v) is 5.97. The molecule has 1 unspecified atom stereocenters. The van der Waals surface area contributed by atoms with Gasteiger partial charge in [0.05, 0.1) is 6.42 Å². The molecule has 0 bridgehead atoms. The van der Waals surface area contributed by atoms with Crippen molar-refractivity contribution >= 4 is 5.91 Å². The Labute approximate surface area is 149 Å². The molecule has 3 rings (SSSR count). The number of hydrogen-bond acceptors (Lipinski definition) is 4. The summed E-state index contributed by atoms with van der Waals surface area (Å²) in [4.78, 5) is 42.9. The first kappa shape index (κ1) is 17.4. The first-order chi connectivity index (χ1) is 12.5. The maximum Gasteiger partial charge on any atom is 0.328 e. The number of imidazole rings is 1. The smallest absolute Gasteiger partial charge is 0.328 e. The zero-order valence-corrected chi connectivity index (χ0v) is 14.5. The molecule has 0 spiro atoms. The first-order valence-corrected chi connectivity index (χ1v) is 8.06. The number of H-pyrrole nitrogens is 1. The predicted octanol–water partition coefficient (Wildman–Crippen LogP) is 0.255. The monoisotopic (exact) mass is 353 g/mol. The molecule has 2 aromatic heterocycles. The van der Waals surface area contributed by atoms with Crippen LogP contribution in [0.25, 0.3) is 0 Å². The largest absolute Gasteiger partial charge is 0.342 e. The Hall–Kier alpha value is -3.42. The number of aromatic amines is 1. The van der Waals surface area contributed by atoms with E-state index in [1.165, 1.54) is 13.2 Å². The molecule has 2 N–H and O–H groups in total. The fraction of sp³-hybridized carbons (Fsp3) is 0.222. The molecule has 0 radical (unpaired) electrons. The molecule has 0 aliphatic rings. The maximum atomic E-state index is 12.6. The number of aromatic nitrogens is 4. The van der Waals surface area contributed by atoms with Crippen LogP contribution >= 0.6 is 0 Å². The highest BCUT2D eigenvalue weighted by Crippen LogP contribution is 2.20. The van der Waals surface area contributed by atoms with Gasteiger partial charge in [-0.25, -0.2) is 9.78 Å². The van der Waals surface area contributed by atoms with E-state index in [9.17, 15) is 14.4 Å². The minimum absolute atomic E-state index is 0.142. The van der Waals surface area contributed by atoms with Gasteiger partial charge in [0.2, 0.25) is 5.91 Å². The Morgan fingerprint density at radius 3 is 2.62 bits per heavy atom. The predicted molar refractivity (Wildman–Crippen MR) is 95.6 cm³/mol. The molecule has 1 atom stereocenters. The van der Waals surface area contributed by atoms with E-state index in [1.54, 1.807) is 12.4 Å². The van der Waals surface area contributed by atoms with Gasteiger partial charge in [-0.2, -0.15) is 0 Å². The summed E-state index contributed by atoms with van der Waals surface area (Å²) in [6.45, 7) is 0. The Morgan fingerprint density at radius 2 is 1.96 bits per heavy atom. The number of amides is 1. The standard InChI is InChI=1S/C18H19N5O3/c1-22-9-8-19-16(22)15(12-6-4-3-5-7-12)21-14(24)10-13-11-20-18(26)23(2)17(13)25/h3-9,11,15H,10H2,1-2H3,(H,20,26)(H,21,24). The van der Waals surface area contributed by atoms with E-state index in [-0.39, 0.29) is 17.9 Å². The quantitative estimate of drug-likeness (QED) is 0.687. The summed E-state index contributed by atoms with van der Waals surface area (Å²) < 4.78 is 2.77. The second kappa shape index (κ2) is 7.22. The molecule has 0 saturated carbocycles. The van der Waals surface area contributed by atoms with Crippen LogP contribution < -0.4 is 16.6 Å². The molecule has 0 fully saturated rings. The van der Waals surface area contributed by atoms with Crippen LogP contribution in [0, 0.1) is 0 Å². The van der Waals surface area contributed by atoms with Gasteiger partial charge in [0, 0.05) is 38.2 Å². The average molecular weight is 353 g/mol. The summed E-state index contributed by atoms with van der Waals surface area (Å²) in [6, 6.07) is 9.02. The van der Waals surface area contributed by atoms with E-state index in [0.717, 1.165) is 10.1 Å². The lowest BCUT2D eigenvalue weighted by Crippen LogP contribution is -2.37. The SMILES string of the molecule is Cn1ccnc1C(NC(=O)Cc1c[nH]c(=O)n(C)c1=O)c1ccccc1. The normalized spacial score (nSPS) is 11.9. The Kier molecular flexibility index (Phi) is 4.83. The molecule has 0 aliphatic carbocycles. The molecular formula is C18H19N5O3. The van der Waals surface area contributed by atoms with Crippen molar-refractivity contribution in [1.82, 2.24) is 24.4 Å². The van der Waals surface area contributed by atoms with Crippen molar-refractivity contribution in [3.8, 4) is 0 Å². The summed E-state index contributed by atoms with van der Waals surface area (Å²) in [5.74, 6) is 0.338. The third-order valence-corrected chi connectivity index (χ3v) is 4.16. The number of carbonyl (C=O) groups excluding carboxylic acids is 1. The minimum Gasteiger partial charge on any atom is -0.342 e. The van der Waals surface area contributed by atoms with Crippen LogP contribution in [-0.4, -0.2) is 25.0 Å².